The highest BCUT2D eigenvalue weighted by molar-refractivity contribution is 4.58. The molecule has 3 nitrogen and oxygen atoms in total. The molecule has 0 fully saturated rings. The molecule has 0 bridgehead atoms. The van der Waals surface area contributed by atoms with Gasteiger partial charge in [0.05, 0.1) is 6.61 Å². The lowest BCUT2D eigenvalue weighted by molar-refractivity contribution is 0.199. The van der Waals surface area contributed by atoms with Crippen LogP contribution in [0.4, 0.5) is 0 Å². The molecule has 0 aromatic rings. The molecule has 0 aromatic carbocycles. The lowest BCUT2D eigenvalue weighted by Gasteiger charge is -2.20. The van der Waals surface area contributed by atoms with E-state index < -0.39 is 0 Å². The lowest BCUT2D eigenvalue weighted by atomic mass is 10.1. The molecular weight excluding hydrogens is 200 g/mol. The molecule has 1 unspecified atom stereocenters. The van der Waals surface area contributed by atoms with E-state index in [0.717, 1.165) is 25.6 Å². The van der Waals surface area contributed by atoms with E-state index in [0.29, 0.717) is 0 Å². The van der Waals surface area contributed by atoms with E-state index in [1.54, 1.807) is 7.11 Å². The monoisotopic (exact) mass is 230 g/mol. The summed E-state index contributed by atoms with van der Waals surface area (Å²) in [5.74, 6) is 0.824. The van der Waals surface area contributed by atoms with Crippen molar-refractivity contribution in [1.29, 1.82) is 0 Å². The van der Waals surface area contributed by atoms with Crippen molar-refractivity contribution >= 4 is 0 Å². The summed E-state index contributed by atoms with van der Waals surface area (Å²) in [6, 6.07) is 0. The quantitative estimate of drug-likeness (QED) is 0.549. The molecule has 0 amide bonds. The highest BCUT2D eigenvalue weighted by Gasteiger charge is 2.03. The minimum Gasteiger partial charge on any atom is -0.383 e. The average Bonchev–Trinajstić information content (AvgIpc) is 2.27. The second-order valence-corrected chi connectivity index (χ2v) is 4.73. The first-order chi connectivity index (χ1) is 7.70. The first-order valence-corrected chi connectivity index (χ1v) is 6.58. The standard InChI is InChI=1S/C13H30N2O/c1-5-13(2)12-15(3)10-7-6-8-14-9-11-16-4/h13-14H,5-12H2,1-4H3. The first kappa shape index (κ1) is 15.9. The SMILES string of the molecule is CCC(C)CN(C)CCCCNCCOC. The predicted octanol–water partition coefficient (Wildman–Crippen LogP) is 1.98. The summed E-state index contributed by atoms with van der Waals surface area (Å²) in [6.07, 6.45) is 3.82. The highest BCUT2D eigenvalue weighted by atomic mass is 16.5. The molecule has 0 radical (unpaired) electrons. The summed E-state index contributed by atoms with van der Waals surface area (Å²) < 4.78 is 4.97. The second kappa shape index (κ2) is 11.4. The van der Waals surface area contributed by atoms with E-state index in [-0.39, 0.29) is 0 Å². The number of methoxy groups -OCH3 is 1. The Morgan fingerprint density at radius 2 is 2.00 bits per heavy atom. The fraction of sp³-hybridized carbons (Fsp3) is 1.00. The predicted molar refractivity (Wildman–Crippen MR) is 70.9 cm³/mol. The number of ether oxygens (including phenoxy) is 1. The Balaban J connectivity index is 3.18. The zero-order valence-corrected chi connectivity index (χ0v) is 11.6. The van der Waals surface area contributed by atoms with E-state index in [2.05, 4.69) is 31.1 Å². The van der Waals surface area contributed by atoms with Gasteiger partial charge in [-0.25, -0.2) is 0 Å². The van der Waals surface area contributed by atoms with E-state index in [1.807, 2.05) is 0 Å². The summed E-state index contributed by atoms with van der Waals surface area (Å²) in [7, 11) is 3.97. The molecule has 0 aliphatic heterocycles. The summed E-state index contributed by atoms with van der Waals surface area (Å²) in [4.78, 5) is 2.45. The number of rotatable bonds is 11. The van der Waals surface area contributed by atoms with Crippen LogP contribution in [0.1, 0.15) is 33.1 Å². The number of hydrogen-bond acceptors (Lipinski definition) is 3. The lowest BCUT2D eigenvalue weighted by Crippen LogP contribution is -2.26. The Bertz CT molecular complexity index is 142. The summed E-state index contributed by atoms with van der Waals surface area (Å²) >= 11 is 0. The van der Waals surface area contributed by atoms with Gasteiger partial charge >= 0.3 is 0 Å². The number of nitrogens with zero attached hydrogens (tertiary/aromatic N) is 1. The zero-order valence-electron chi connectivity index (χ0n) is 11.6. The van der Waals surface area contributed by atoms with Crippen molar-refractivity contribution < 1.29 is 4.74 Å². The molecule has 0 spiro atoms. The Morgan fingerprint density at radius 3 is 2.62 bits per heavy atom. The zero-order chi connectivity index (χ0) is 12.2. The van der Waals surface area contributed by atoms with E-state index in [1.165, 1.54) is 32.4 Å². The number of hydrogen-bond donors (Lipinski definition) is 1. The van der Waals surface area contributed by atoms with Gasteiger partial charge in [0.15, 0.2) is 0 Å². The van der Waals surface area contributed by atoms with Crippen molar-refractivity contribution in [2.75, 3.05) is 46.9 Å². The van der Waals surface area contributed by atoms with Gasteiger partial charge in [-0.2, -0.15) is 0 Å². The van der Waals surface area contributed by atoms with Crippen LogP contribution in [0.3, 0.4) is 0 Å². The van der Waals surface area contributed by atoms with Gasteiger partial charge in [0.25, 0.3) is 0 Å². The molecular formula is C13H30N2O. The Kier molecular flexibility index (Phi) is 11.3. The minimum absolute atomic E-state index is 0.813. The minimum atomic E-state index is 0.813. The van der Waals surface area contributed by atoms with Crippen molar-refractivity contribution in [1.82, 2.24) is 10.2 Å². The summed E-state index contributed by atoms with van der Waals surface area (Å²) in [6.45, 7) is 9.93. The second-order valence-electron chi connectivity index (χ2n) is 4.73. The smallest absolute Gasteiger partial charge is 0.0587 e. The van der Waals surface area contributed by atoms with Crippen molar-refractivity contribution in [2.45, 2.75) is 33.1 Å². The van der Waals surface area contributed by atoms with Crippen LogP contribution < -0.4 is 5.32 Å². The van der Waals surface area contributed by atoms with Gasteiger partial charge in [-0.05, 0) is 38.9 Å². The maximum Gasteiger partial charge on any atom is 0.0587 e. The fourth-order valence-corrected chi connectivity index (χ4v) is 1.68. The van der Waals surface area contributed by atoms with Crippen molar-refractivity contribution in [3.63, 3.8) is 0 Å². The molecule has 0 aromatic heterocycles. The maximum atomic E-state index is 4.97. The average molecular weight is 230 g/mol. The topological polar surface area (TPSA) is 24.5 Å². The summed E-state index contributed by atoms with van der Waals surface area (Å²) in [5, 5.41) is 3.37. The van der Waals surface area contributed by atoms with Crippen LogP contribution in [0.2, 0.25) is 0 Å². The van der Waals surface area contributed by atoms with Crippen molar-refractivity contribution in [3.8, 4) is 0 Å². The first-order valence-electron chi connectivity index (χ1n) is 6.58. The number of nitrogens with one attached hydrogen (secondary N) is 1. The molecule has 0 rings (SSSR count). The molecule has 0 saturated heterocycles. The molecule has 3 heteroatoms. The molecule has 98 valence electrons. The van der Waals surface area contributed by atoms with Gasteiger partial charge in [-0.15, -0.1) is 0 Å². The van der Waals surface area contributed by atoms with Gasteiger partial charge in [-0.1, -0.05) is 20.3 Å². The third-order valence-electron chi connectivity index (χ3n) is 2.95. The van der Waals surface area contributed by atoms with Crippen LogP contribution in [0, 0.1) is 5.92 Å². The maximum absolute atomic E-state index is 4.97. The Morgan fingerprint density at radius 1 is 1.25 bits per heavy atom. The van der Waals surface area contributed by atoms with Crippen LogP contribution in [-0.2, 0) is 4.74 Å². The Hall–Kier alpha value is -0.120. The molecule has 0 heterocycles. The van der Waals surface area contributed by atoms with Gasteiger partial charge < -0.3 is 15.0 Å². The van der Waals surface area contributed by atoms with Gasteiger partial charge in [0.1, 0.15) is 0 Å². The number of unbranched alkanes of at least 4 members (excludes halogenated alkanes) is 1. The fourth-order valence-electron chi connectivity index (χ4n) is 1.68. The van der Waals surface area contributed by atoms with E-state index in [9.17, 15) is 0 Å². The summed E-state index contributed by atoms with van der Waals surface area (Å²) in [5.41, 5.74) is 0. The highest BCUT2D eigenvalue weighted by Crippen LogP contribution is 2.03. The Labute approximate surface area is 102 Å². The molecule has 16 heavy (non-hydrogen) atoms. The van der Waals surface area contributed by atoms with Crippen molar-refractivity contribution in [2.24, 2.45) is 5.92 Å². The molecule has 0 saturated carbocycles. The molecule has 0 aliphatic rings. The van der Waals surface area contributed by atoms with Crippen LogP contribution >= 0.6 is 0 Å². The van der Waals surface area contributed by atoms with Gasteiger partial charge in [-0.3, -0.25) is 0 Å². The van der Waals surface area contributed by atoms with Crippen LogP contribution in [-0.4, -0.2) is 51.8 Å². The van der Waals surface area contributed by atoms with Gasteiger partial charge in [0, 0.05) is 20.2 Å². The molecule has 1 N–H and O–H groups in total. The third-order valence-corrected chi connectivity index (χ3v) is 2.95. The molecule has 0 aliphatic carbocycles. The van der Waals surface area contributed by atoms with Crippen LogP contribution in [0.25, 0.3) is 0 Å². The van der Waals surface area contributed by atoms with E-state index in [4.69, 9.17) is 4.74 Å². The largest absolute Gasteiger partial charge is 0.383 e. The van der Waals surface area contributed by atoms with Crippen LogP contribution in [0.15, 0.2) is 0 Å². The van der Waals surface area contributed by atoms with E-state index >= 15 is 0 Å². The van der Waals surface area contributed by atoms with Crippen LogP contribution in [0.5, 0.6) is 0 Å². The normalized spacial score (nSPS) is 13.3. The van der Waals surface area contributed by atoms with Gasteiger partial charge in [0.2, 0.25) is 0 Å². The third kappa shape index (κ3) is 10.4. The van der Waals surface area contributed by atoms with Crippen molar-refractivity contribution in [3.05, 3.63) is 0 Å². The molecule has 1 atom stereocenters.